The van der Waals surface area contributed by atoms with E-state index < -0.39 is 16.9 Å². The van der Waals surface area contributed by atoms with Gasteiger partial charge in [0.05, 0.1) is 11.5 Å². The van der Waals surface area contributed by atoms with Gasteiger partial charge < -0.3 is 14.6 Å². The zero-order valence-corrected chi connectivity index (χ0v) is 12.1. The summed E-state index contributed by atoms with van der Waals surface area (Å²) >= 11 is 0. The molecule has 0 bridgehead atoms. The van der Waals surface area contributed by atoms with Crippen LogP contribution < -0.4 is 0 Å². The smallest absolute Gasteiger partial charge is 0.331 e. The van der Waals surface area contributed by atoms with Crippen LogP contribution in [0.3, 0.4) is 0 Å². The number of carbonyl (C=O) groups is 2. The molecule has 0 aromatic carbocycles. The Morgan fingerprint density at radius 1 is 1.33 bits per heavy atom. The van der Waals surface area contributed by atoms with Gasteiger partial charge in [0.25, 0.3) is 0 Å². The Kier molecular flexibility index (Phi) is 2.35. The van der Waals surface area contributed by atoms with Gasteiger partial charge >= 0.3 is 11.9 Å². The molecule has 4 aliphatic rings. The fourth-order valence-electron chi connectivity index (χ4n) is 4.81. The summed E-state index contributed by atoms with van der Waals surface area (Å²) in [6.07, 6.45) is 3.59. The Hall–Kier alpha value is -1.62. The van der Waals surface area contributed by atoms with Crippen LogP contribution in [0.1, 0.15) is 26.7 Å². The van der Waals surface area contributed by atoms with Crippen molar-refractivity contribution in [2.75, 3.05) is 6.61 Å². The van der Waals surface area contributed by atoms with Crippen LogP contribution in [0, 0.1) is 16.7 Å². The van der Waals surface area contributed by atoms with Crippen molar-refractivity contribution in [1.29, 1.82) is 0 Å². The van der Waals surface area contributed by atoms with E-state index in [9.17, 15) is 14.7 Å². The van der Waals surface area contributed by atoms with E-state index in [1.807, 2.05) is 19.9 Å². The van der Waals surface area contributed by atoms with Crippen molar-refractivity contribution >= 4 is 11.9 Å². The van der Waals surface area contributed by atoms with E-state index in [1.54, 1.807) is 0 Å². The van der Waals surface area contributed by atoms with E-state index in [-0.39, 0.29) is 30.6 Å². The van der Waals surface area contributed by atoms with Gasteiger partial charge in [0.1, 0.15) is 12.7 Å². The summed E-state index contributed by atoms with van der Waals surface area (Å²) < 4.78 is 10.6. The molecular weight excluding hydrogens is 272 g/mol. The lowest BCUT2D eigenvalue weighted by Gasteiger charge is -2.54. The van der Waals surface area contributed by atoms with Gasteiger partial charge in [-0.25, -0.2) is 4.79 Å². The monoisotopic (exact) mass is 290 g/mol. The molecule has 5 heteroatoms. The lowest BCUT2D eigenvalue weighted by molar-refractivity contribution is -0.149. The molecule has 1 saturated carbocycles. The van der Waals surface area contributed by atoms with Gasteiger partial charge in [-0.1, -0.05) is 6.92 Å². The molecule has 0 radical (unpaired) electrons. The first-order valence-electron chi connectivity index (χ1n) is 7.36. The molecule has 5 atom stereocenters. The quantitative estimate of drug-likeness (QED) is 0.677. The number of aliphatic hydroxyl groups is 1. The number of carbonyl (C=O) groups excluding carboxylic acids is 2. The first-order valence-corrected chi connectivity index (χ1v) is 7.36. The molecule has 112 valence electrons. The van der Waals surface area contributed by atoms with Crippen LogP contribution in [-0.4, -0.2) is 35.9 Å². The van der Waals surface area contributed by atoms with E-state index in [2.05, 4.69) is 0 Å². The minimum atomic E-state index is -0.645. The van der Waals surface area contributed by atoms with Crippen LogP contribution in [-0.2, 0) is 19.1 Å². The summed E-state index contributed by atoms with van der Waals surface area (Å²) in [5.41, 5.74) is 0.434. The average Bonchev–Trinajstić information content (AvgIpc) is 2.69. The maximum absolute atomic E-state index is 12.3. The van der Waals surface area contributed by atoms with Gasteiger partial charge in [-0.15, -0.1) is 0 Å². The normalized spacial score (nSPS) is 47.7. The highest BCUT2D eigenvalue weighted by atomic mass is 16.6. The largest absolute Gasteiger partial charge is 0.458 e. The molecule has 0 unspecified atom stereocenters. The highest BCUT2D eigenvalue weighted by Crippen LogP contribution is 2.63. The van der Waals surface area contributed by atoms with E-state index in [0.717, 1.165) is 11.1 Å². The Morgan fingerprint density at radius 3 is 2.86 bits per heavy atom. The topological polar surface area (TPSA) is 72.8 Å². The summed E-state index contributed by atoms with van der Waals surface area (Å²) in [4.78, 5) is 24.0. The standard InChI is InChI=1S/C16H18O5/c1-15-4-3-11(17)16(2)9-6-12(18)20-7-8(9)5-10(13(15)16)21-14(15)19/h5-6,10-11,13,17H,3-4,7H2,1-2H3/t10-,11-,13+,15+,16+/m1/s1. The summed E-state index contributed by atoms with van der Waals surface area (Å²) in [6, 6.07) is 0. The second-order valence-electron chi connectivity index (χ2n) is 6.96. The van der Waals surface area contributed by atoms with Gasteiger partial charge in [0.2, 0.25) is 0 Å². The Balaban J connectivity index is 1.96. The number of ether oxygens (including phenoxy) is 2. The zero-order chi connectivity index (χ0) is 15.0. The number of hydrogen-bond donors (Lipinski definition) is 1. The number of aliphatic hydroxyl groups excluding tert-OH is 1. The van der Waals surface area contributed by atoms with Gasteiger partial charge in [-0.3, -0.25) is 4.79 Å². The number of hydrogen-bond acceptors (Lipinski definition) is 5. The van der Waals surface area contributed by atoms with Crippen LogP contribution in [0.15, 0.2) is 23.3 Å². The molecule has 21 heavy (non-hydrogen) atoms. The number of esters is 2. The Bertz CT molecular complexity index is 618. The van der Waals surface area contributed by atoms with Gasteiger partial charge in [0.15, 0.2) is 0 Å². The molecule has 2 heterocycles. The number of cyclic esters (lactones) is 1. The molecule has 0 amide bonds. The van der Waals surface area contributed by atoms with E-state index >= 15 is 0 Å². The van der Waals surface area contributed by atoms with Gasteiger partial charge in [0, 0.05) is 17.4 Å². The molecule has 0 spiro atoms. The highest BCUT2D eigenvalue weighted by Gasteiger charge is 2.67. The van der Waals surface area contributed by atoms with Crippen molar-refractivity contribution in [3.8, 4) is 0 Å². The fourth-order valence-corrected chi connectivity index (χ4v) is 4.81. The van der Waals surface area contributed by atoms with Crippen LogP contribution in [0.5, 0.6) is 0 Å². The van der Waals surface area contributed by atoms with Gasteiger partial charge in [-0.2, -0.15) is 0 Å². The minimum absolute atomic E-state index is 0.137. The maximum Gasteiger partial charge on any atom is 0.331 e. The molecule has 2 aliphatic heterocycles. The highest BCUT2D eigenvalue weighted by molar-refractivity contribution is 5.87. The summed E-state index contributed by atoms with van der Waals surface area (Å²) in [6.45, 7) is 4.06. The van der Waals surface area contributed by atoms with Crippen molar-refractivity contribution in [3.05, 3.63) is 23.3 Å². The lowest BCUT2D eigenvalue weighted by Crippen LogP contribution is -2.56. The number of rotatable bonds is 0. The molecule has 1 N–H and O–H groups in total. The van der Waals surface area contributed by atoms with Gasteiger partial charge in [-0.05, 0) is 37.0 Å². The maximum atomic E-state index is 12.3. The van der Waals surface area contributed by atoms with Crippen LogP contribution in [0.2, 0.25) is 0 Å². The fraction of sp³-hybridized carbons (Fsp3) is 0.625. The van der Waals surface area contributed by atoms with Crippen molar-refractivity contribution in [1.82, 2.24) is 0 Å². The third-order valence-electron chi connectivity index (χ3n) is 5.92. The van der Waals surface area contributed by atoms with Crippen LogP contribution in [0.4, 0.5) is 0 Å². The first-order chi connectivity index (χ1) is 9.87. The summed E-state index contributed by atoms with van der Waals surface area (Å²) in [7, 11) is 0. The summed E-state index contributed by atoms with van der Waals surface area (Å²) in [5, 5.41) is 10.7. The van der Waals surface area contributed by atoms with Crippen molar-refractivity contribution < 1.29 is 24.2 Å². The third kappa shape index (κ3) is 1.40. The molecule has 4 rings (SSSR count). The zero-order valence-electron chi connectivity index (χ0n) is 12.1. The SMILES string of the molecule is C[C@]12C3=CC(=O)OCC3=C[C@H]3OC(=O)[C@@](C)(CC[C@H]1O)[C@H]32. The Labute approximate surface area is 122 Å². The molecule has 0 aromatic heterocycles. The van der Waals surface area contributed by atoms with Crippen molar-refractivity contribution in [2.45, 2.75) is 38.9 Å². The van der Waals surface area contributed by atoms with Crippen molar-refractivity contribution in [2.24, 2.45) is 16.7 Å². The van der Waals surface area contributed by atoms with Crippen LogP contribution in [0.25, 0.3) is 0 Å². The van der Waals surface area contributed by atoms with Crippen molar-refractivity contribution in [3.63, 3.8) is 0 Å². The van der Waals surface area contributed by atoms with Crippen LogP contribution >= 0.6 is 0 Å². The molecule has 5 nitrogen and oxygen atoms in total. The second kappa shape index (κ2) is 3.77. The third-order valence-corrected chi connectivity index (χ3v) is 5.92. The Morgan fingerprint density at radius 2 is 2.10 bits per heavy atom. The predicted molar refractivity (Wildman–Crippen MR) is 71.9 cm³/mol. The van der Waals surface area contributed by atoms with E-state index in [0.29, 0.717) is 12.8 Å². The summed E-state index contributed by atoms with van der Waals surface area (Å²) in [5.74, 6) is -0.715. The molecule has 0 aromatic rings. The number of fused-ring (bicyclic) bond motifs is 2. The predicted octanol–water partition coefficient (Wildman–Crippen LogP) is 1.12. The second-order valence-corrected chi connectivity index (χ2v) is 6.96. The molecule has 2 aliphatic carbocycles. The van der Waals surface area contributed by atoms with E-state index in [4.69, 9.17) is 9.47 Å². The first kappa shape index (κ1) is 13.1. The molecule has 1 saturated heterocycles. The molecule has 2 fully saturated rings. The average molecular weight is 290 g/mol. The minimum Gasteiger partial charge on any atom is -0.458 e. The lowest BCUT2D eigenvalue weighted by atomic mass is 9.49. The molecular formula is C16H18O5. The van der Waals surface area contributed by atoms with E-state index in [1.165, 1.54) is 6.08 Å².